The zero-order chi connectivity index (χ0) is 17.8. The minimum atomic E-state index is -0.254. The van der Waals surface area contributed by atoms with Crippen LogP contribution in [0.4, 0.5) is 0 Å². The zero-order valence-electron chi connectivity index (χ0n) is 15.1. The molecule has 1 aromatic heterocycles. The average Bonchev–Trinajstić information content (AvgIpc) is 3.09. The number of para-hydroxylation sites is 1. The van der Waals surface area contributed by atoms with Crippen LogP contribution in [-0.2, 0) is 4.79 Å². The Morgan fingerprint density at radius 1 is 1.36 bits per heavy atom. The molecule has 0 aliphatic carbocycles. The molecule has 0 saturated carbocycles. The summed E-state index contributed by atoms with van der Waals surface area (Å²) in [6.45, 7) is 4.65. The maximum absolute atomic E-state index is 12.8. The van der Waals surface area contributed by atoms with Gasteiger partial charge in [0.25, 0.3) is 0 Å². The van der Waals surface area contributed by atoms with Gasteiger partial charge in [-0.25, -0.2) is 0 Å². The number of benzene rings is 1. The van der Waals surface area contributed by atoms with Crippen LogP contribution >= 0.6 is 0 Å². The summed E-state index contributed by atoms with van der Waals surface area (Å²) in [5.74, 6) is 0.639. The highest BCUT2D eigenvalue weighted by atomic mass is 16.3. The molecule has 1 aromatic carbocycles. The van der Waals surface area contributed by atoms with E-state index in [1.165, 1.54) is 0 Å². The Kier molecular flexibility index (Phi) is 5.76. The number of hydrogen-bond donors (Lipinski definition) is 1. The number of nitrogens with zero attached hydrogens (tertiary/aromatic N) is 2. The highest BCUT2D eigenvalue weighted by Crippen LogP contribution is 2.27. The van der Waals surface area contributed by atoms with Gasteiger partial charge in [-0.15, -0.1) is 0 Å². The van der Waals surface area contributed by atoms with Crippen LogP contribution in [0.15, 0.2) is 34.7 Å². The van der Waals surface area contributed by atoms with Crippen LogP contribution < -0.4 is 0 Å². The third-order valence-electron chi connectivity index (χ3n) is 5.31. The van der Waals surface area contributed by atoms with E-state index >= 15 is 0 Å². The second-order valence-electron chi connectivity index (χ2n) is 7.02. The smallest absolute Gasteiger partial charge is 0.233 e. The van der Waals surface area contributed by atoms with Crippen LogP contribution in [-0.4, -0.2) is 60.1 Å². The largest absolute Gasteiger partial charge is 0.460 e. The van der Waals surface area contributed by atoms with Gasteiger partial charge in [-0.05, 0) is 45.4 Å². The lowest BCUT2D eigenvalue weighted by atomic mass is 10.0. The molecule has 0 spiro atoms. The molecule has 1 N–H and O–H groups in total. The van der Waals surface area contributed by atoms with Crippen molar-refractivity contribution >= 4 is 16.9 Å². The van der Waals surface area contributed by atoms with E-state index in [0.717, 1.165) is 55.6 Å². The van der Waals surface area contributed by atoms with Crippen LogP contribution in [0.25, 0.3) is 11.0 Å². The molecule has 25 heavy (non-hydrogen) atoms. The molecule has 1 fully saturated rings. The summed E-state index contributed by atoms with van der Waals surface area (Å²) in [5, 5.41) is 10.0. The molecular weight excluding hydrogens is 316 g/mol. The summed E-state index contributed by atoms with van der Waals surface area (Å²) in [5.41, 5.74) is 0.835. The highest BCUT2D eigenvalue weighted by molar-refractivity contribution is 5.85. The van der Waals surface area contributed by atoms with Gasteiger partial charge >= 0.3 is 0 Å². The van der Waals surface area contributed by atoms with E-state index in [4.69, 9.17) is 9.52 Å². The van der Waals surface area contributed by atoms with Gasteiger partial charge in [0.15, 0.2) is 0 Å². The summed E-state index contributed by atoms with van der Waals surface area (Å²) in [6.07, 6.45) is 2.78. The first-order valence-corrected chi connectivity index (χ1v) is 9.18. The van der Waals surface area contributed by atoms with Crippen LogP contribution in [0.1, 0.15) is 37.9 Å². The van der Waals surface area contributed by atoms with Crippen molar-refractivity contribution in [1.29, 1.82) is 0 Å². The number of carbonyl (C=O) groups is 1. The molecule has 0 bridgehead atoms. The van der Waals surface area contributed by atoms with Crippen molar-refractivity contribution in [3.63, 3.8) is 0 Å². The van der Waals surface area contributed by atoms with Gasteiger partial charge in [-0.2, -0.15) is 0 Å². The van der Waals surface area contributed by atoms with Crippen LogP contribution in [0.2, 0.25) is 0 Å². The number of piperidine rings is 1. The second kappa shape index (κ2) is 8.02. The lowest BCUT2D eigenvalue weighted by molar-refractivity contribution is -0.134. The molecule has 1 saturated heterocycles. The van der Waals surface area contributed by atoms with Crippen molar-refractivity contribution in [2.24, 2.45) is 0 Å². The van der Waals surface area contributed by atoms with Gasteiger partial charge in [0.1, 0.15) is 11.3 Å². The SMILES string of the molecule is CC(C(=O)N1CCC(N(C)CCCO)CC1)c1cc2ccccc2o1. The second-order valence-corrected chi connectivity index (χ2v) is 7.02. The Morgan fingerprint density at radius 2 is 2.08 bits per heavy atom. The molecule has 1 atom stereocenters. The fraction of sp³-hybridized carbons (Fsp3) is 0.550. The summed E-state index contributed by atoms with van der Waals surface area (Å²) < 4.78 is 5.87. The van der Waals surface area contributed by atoms with Crippen LogP contribution in [0, 0.1) is 0 Å². The predicted molar refractivity (Wildman–Crippen MR) is 98.6 cm³/mol. The van der Waals surface area contributed by atoms with Crippen molar-refractivity contribution in [1.82, 2.24) is 9.80 Å². The van der Waals surface area contributed by atoms with Gasteiger partial charge in [0, 0.05) is 37.7 Å². The number of rotatable bonds is 6. The molecule has 1 aliphatic rings. The Hall–Kier alpha value is -1.85. The third kappa shape index (κ3) is 4.05. The lowest BCUT2D eigenvalue weighted by Gasteiger charge is -2.37. The number of hydrogen-bond acceptors (Lipinski definition) is 4. The molecule has 1 unspecified atom stereocenters. The number of carbonyl (C=O) groups excluding carboxylic acids is 1. The topological polar surface area (TPSA) is 56.9 Å². The molecule has 1 aliphatic heterocycles. The fourth-order valence-corrected chi connectivity index (χ4v) is 3.64. The van der Waals surface area contributed by atoms with Crippen molar-refractivity contribution in [2.75, 3.05) is 33.3 Å². The Labute approximate surface area is 149 Å². The normalized spacial score (nSPS) is 17.4. The number of likely N-dealkylation sites (tertiary alicyclic amines) is 1. The van der Waals surface area contributed by atoms with Gasteiger partial charge in [0.2, 0.25) is 5.91 Å². The predicted octanol–water partition coefficient (Wildman–Crippen LogP) is 2.84. The highest BCUT2D eigenvalue weighted by Gasteiger charge is 2.29. The third-order valence-corrected chi connectivity index (χ3v) is 5.31. The van der Waals surface area contributed by atoms with E-state index in [-0.39, 0.29) is 18.4 Å². The zero-order valence-corrected chi connectivity index (χ0v) is 15.1. The van der Waals surface area contributed by atoms with Gasteiger partial charge in [0.05, 0.1) is 5.92 Å². The first-order chi connectivity index (χ1) is 12.1. The average molecular weight is 344 g/mol. The van der Waals surface area contributed by atoms with Crippen molar-refractivity contribution in [2.45, 2.75) is 38.1 Å². The molecule has 2 aromatic rings. The molecule has 1 amide bonds. The summed E-state index contributed by atoms with van der Waals surface area (Å²) >= 11 is 0. The fourth-order valence-electron chi connectivity index (χ4n) is 3.64. The molecule has 5 heteroatoms. The van der Waals surface area contributed by atoms with Gasteiger partial charge in [-0.3, -0.25) is 4.79 Å². The Bertz CT molecular complexity index is 671. The van der Waals surface area contributed by atoms with E-state index < -0.39 is 0 Å². The Balaban J connectivity index is 1.58. The summed E-state index contributed by atoms with van der Waals surface area (Å²) in [6, 6.07) is 10.3. The quantitative estimate of drug-likeness (QED) is 0.875. The number of fused-ring (bicyclic) bond motifs is 1. The maximum Gasteiger partial charge on any atom is 0.233 e. The van der Waals surface area contributed by atoms with Crippen molar-refractivity contribution < 1.29 is 14.3 Å². The standard InChI is InChI=1S/C20H28N2O3/c1-15(19-14-16-6-3-4-7-18(16)25-19)20(24)22-11-8-17(9-12-22)21(2)10-5-13-23/h3-4,6-7,14-15,17,23H,5,8-13H2,1-2H3. The summed E-state index contributed by atoms with van der Waals surface area (Å²) in [4.78, 5) is 17.1. The molecule has 3 rings (SSSR count). The molecule has 2 heterocycles. The van der Waals surface area contributed by atoms with Crippen molar-refractivity contribution in [3.05, 3.63) is 36.1 Å². The van der Waals surface area contributed by atoms with E-state index in [1.54, 1.807) is 0 Å². The monoisotopic (exact) mass is 344 g/mol. The maximum atomic E-state index is 12.8. The van der Waals surface area contributed by atoms with E-state index in [9.17, 15) is 4.79 Å². The minimum absolute atomic E-state index is 0.149. The van der Waals surface area contributed by atoms with Gasteiger partial charge in [-0.1, -0.05) is 18.2 Å². The molecular formula is C20H28N2O3. The lowest BCUT2D eigenvalue weighted by Crippen LogP contribution is -2.46. The van der Waals surface area contributed by atoms with E-state index in [1.807, 2.05) is 42.2 Å². The Morgan fingerprint density at radius 3 is 2.76 bits per heavy atom. The summed E-state index contributed by atoms with van der Waals surface area (Å²) in [7, 11) is 2.11. The minimum Gasteiger partial charge on any atom is -0.460 e. The number of amides is 1. The van der Waals surface area contributed by atoms with Crippen molar-refractivity contribution in [3.8, 4) is 0 Å². The molecule has 136 valence electrons. The number of aliphatic hydroxyl groups is 1. The van der Waals surface area contributed by atoms with Gasteiger partial charge < -0.3 is 19.3 Å². The molecule has 5 nitrogen and oxygen atoms in total. The first kappa shape index (κ1) is 18.0. The van der Waals surface area contributed by atoms with Crippen LogP contribution in [0.3, 0.4) is 0 Å². The molecule has 0 radical (unpaired) electrons. The van der Waals surface area contributed by atoms with Crippen LogP contribution in [0.5, 0.6) is 0 Å². The van der Waals surface area contributed by atoms with E-state index in [2.05, 4.69) is 11.9 Å². The number of furan rings is 1. The number of aliphatic hydroxyl groups excluding tert-OH is 1. The first-order valence-electron chi connectivity index (χ1n) is 9.18. The van der Waals surface area contributed by atoms with E-state index in [0.29, 0.717) is 6.04 Å².